The van der Waals surface area contributed by atoms with Crippen molar-refractivity contribution in [3.8, 4) is 0 Å². The largest absolute Gasteiger partial charge is 0.355 e. The smallest absolute Gasteiger partial charge is 0.220 e. The fraction of sp³-hybridized carbons (Fsp3) is 0.409. The SMILES string of the molecule is O=C(CCc1ccc(Cl)cc1)NCCN1CCN(Cc2ccccc2)CC1. The molecule has 1 saturated heterocycles. The first-order chi connectivity index (χ1) is 13.2. The summed E-state index contributed by atoms with van der Waals surface area (Å²) in [5.41, 5.74) is 2.52. The van der Waals surface area contributed by atoms with Gasteiger partial charge in [0.2, 0.25) is 5.91 Å². The van der Waals surface area contributed by atoms with Gasteiger partial charge < -0.3 is 5.32 Å². The monoisotopic (exact) mass is 385 g/mol. The lowest BCUT2D eigenvalue weighted by Gasteiger charge is -2.34. The summed E-state index contributed by atoms with van der Waals surface area (Å²) in [6.07, 6.45) is 1.27. The maximum absolute atomic E-state index is 12.0. The number of carbonyl (C=O) groups excluding carboxylic acids is 1. The van der Waals surface area contributed by atoms with Crippen LogP contribution in [0.5, 0.6) is 0 Å². The summed E-state index contributed by atoms with van der Waals surface area (Å²) in [5, 5.41) is 3.77. The first-order valence-electron chi connectivity index (χ1n) is 9.69. The second-order valence-electron chi connectivity index (χ2n) is 7.08. The van der Waals surface area contributed by atoms with E-state index in [0.717, 1.165) is 62.8 Å². The summed E-state index contributed by atoms with van der Waals surface area (Å²) in [4.78, 5) is 16.9. The molecule has 0 atom stereocenters. The molecular formula is C22H28ClN3O. The molecule has 1 aliphatic heterocycles. The molecule has 0 saturated carbocycles. The van der Waals surface area contributed by atoms with E-state index in [4.69, 9.17) is 11.6 Å². The molecule has 2 aromatic rings. The first-order valence-corrected chi connectivity index (χ1v) is 10.1. The van der Waals surface area contributed by atoms with Crippen molar-refractivity contribution in [2.45, 2.75) is 19.4 Å². The van der Waals surface area contributed by atoms with E-state index in [1.807, 2.05) is 24.3 Å². The van der Waals surface area contributed by atoms with Gasteiger partial charge in [-0.05, 0) is 29.7 Å². The number of rotatable bonds is 8. The second kappa shape index (κ2) is 10.5. The van der Waals surface area contributed by atoms with Gasteiger partial charge in [0, 0.05) is 57.3 Å². The number of piperazine rings is 1. The lowest BCUT2D eigenvalue weighted by Crippen LogP contribution is -2.48. The first kappa shape index (κ1) is 19.9. The number of halogens is 1. The molecule has 27 heavy (non-hydrogen) atoms. The van der Waals surface area contributed by atoms with Crippen LogP contribution in [0.1, 0.15) is 17.5 Å². The molecule has 4 nitrogen and oxygen atoms in total. The predicted octanol–water partition coefficient (Wildman–Crippen LogP) is 3.21. The highest BCUT2D eigenvalue weighted by atomic mass is 35.5. The molecule has 2 aromatic carbocycles. The number of hydrogen-bond donors (Lipinski definition) is 1. The van der Waals surface area contributed by atoms with Crippen LogP contribution in [0.25, 0.3) is 0 Å². The van der Waals surface area contributed by atoms with Gasteiger partial charge in [0.15, 0.2) is 0 Å². The number of hydrogen-bond acceptors (Lipinski definition) is 3. The van der Waals surface area contributed by atoms with Crippen LogP contribution in [-0.2, 0) is 17.8 Å². The Kier molecular flexibility index (Phi) is 7.69. The van der Waals surface area contributed by atoms with Gasteiger partial charge in [0.1, 0.15) is 0 Å². The normalized spacial score (nSPS) is 15.6. The fourth-order valence-electron chi connectivity index (χ4n) is 3.36. The van der Waals surface area contributed by atoms with Crippen molar-refractivity contribution in [3.63, 3.8) is 0 Å². The minimum absolute atomic E-state index is 0.118. The van der Waals surface area contributed by atoms with Crippen molar-refractivity contribution in [3.05, 3.63) is 70.7 Å². The Balaban J connectivity index is 1.27. The molecule has 0 spiro atoms. The number of carbonyl (C=O) groups is 1. The Hall–Kier alpha value is -1.88. The van der Waals surface area contributed by atoms with Gasteiger partial charge in [-0.2, -0.15) is 0 Å². The predicted molar refractivity (Wildman–Crippen MR) is 111 cm³/mol. The maximum atomic E-state index is 12.0. The summed E-state index contributed by atoms with van der Waals surface area (Å²) < 4.78 is 0. The van der Waals surface area contributed by atoms with Crippen LogP contribution in [0.3, 0.4) is 0 Å². The quantitative estimate of drug-likeness (QED) is 0.757. The molecule has 1 heterocycles. The minimum Gasteiger partial charge on any atom is -0.355 e. The van der Waals surface area contributed by atoms with E-state index < -0.39 is 0 Å². The molecule has 1 aliphatic rings. The van der Waals surface area contributed by atoms with Crippen LogP contribution in [0, 0.1) is 0 Å². The number of nitrogens with zero attached hydrogens (tertiary/aromatic N) is 2. The molecular weight excluding hydrogens is 358 g/mol. The zero-order valence-corrected chi connectivity index (χ0v) is 16.5. The topological polar surface area (TPSA) is 35.6 Å². The molecule has 3 rings (SSSR count). The number of amides is 1. The van der Waals surface area contributed by atoms with E-state index in [1.54, 1.807) is 0 Å². The molecule has 1 N–H and O–H groups in total. The third-order valence-electron chi connectivity index (χ3n) is 5.02. The average molecular weight is 386 g/mol. The third-order valence-corrected chi connectivity index (χ3v) is 5.27. The van der Waals surface area contributed by atoms with Gasteiger partial charge in [0.25, 0.3) is 0 Å². The molecule has 0 aromatic heterocycles. The van der Waals surface area contributed by atoms with Crippen molar-refractivity contribution in [1.82, 2.24) is 15.1 Å². The lowest BCUT2D eigenvalue weighted by atomic mass is 10.1. The van der Waals surface area contributed by atoms with Gasteiger partial charge in [-0.3, -0.25) is 14.6 Å². The Labute approximate surface area is 167 Å². The lowest BCUT2D eigenvalue weighted by molar-refractivity contribution is -0.121. The second-order valence-corrected chi connectivity index (χ2v) is 7.52. The molecule has 1 amide bonds. The van der Waals surface area contributed by atoms with Crippen molar-refractivity contribution < 1.29 is 4.79 Å². The summed E-state index contributed by atoms with van der Waals surface area (Å²) in [5.74, 6) is 0.118. The average Bonchev–Trinajstić information content (AvgIpc) is 2.70. The number of benzene rings is 2. The van der Waals surface area contributed by atoms with Crippen molar-refractivity contribution in [2.24, 2.45) is 0 Å². The van der Waals surface area contributed by atoms with Gasteiger partial charge in [-0.15, -0.1) is 0 Å². The van der Waals surface area contributed by atoms with E-state index in [1.165, 1.54) is 5.56 Å². The molecule has 144 valence electrons. The molecule has 0 aliphatic carbocycles. The van der Waals surface area contributed by atoms with E-state index in [9.17, 15) is 4.79 Å². The highest BCUT2D eigenvalue weighted by molar-refractivity contribution is 6.30. The molecule has 1 fully saturated rings. The Morgan fingerprint density at radius 3 is 2.26 bits per heavy atom. The molecule has 0 unspecified atom stereocenters. The van der Waals surface area contributed by atoms with Gasteiger partial charge in [-0.1, -0.05) is 54.1 Å². The summed E-state index contributed by atoms with van der Waals surface area (Å²) >= 11 is 5.88. The standard InChI is InChI=1S/C22H28ClN3O/c23-21-9-6-19(7-10-21)8-11-22(27)24-12-13-25-14-16-26(17-15-25)18-20-4-2-1-3-5-20/h1-7,9-10H,8,11-18H2,(H,24,27). The summed E-state index contributed by atoms with van der Waals surface area (Å²) in [7, 11) is 0. The summed E-state index contributed by atoms with van der Waals surface area (Å²) in [6, 6.07) is 18.3. The Bertz CT molecular complexity index is 697. The zero-order valence-electron chi connectivity index (χ0n) is 15.7. The van der Waals surface area contributed by atoms with Gasteiger partial charge in [0.05, 0.1) is 0 Å². The Morgan fingerprint density at radius 1 is 0.889 bits per heavy atom. The van der Waals surface area contributed by atoms with E-state index in [-0.39, 0.29) is 5.91 Å². The molecule has 5 heteroatoms. The van der Waals surface area contributed by atoms with Gasteiger partial charge in [-0.25, -0.2) is 0 Å². The number of nitrogens with one attached hydrogen (secondary N) is 1. The summed E-state index contributed by atoms with van der Waals surface area (Å²) in [6.45, 7) is 6.96. The van der Waals surface area contributed by atoms with Crippen molar-refractivity contribution in [2.75, 3.05) is 39.3 Å². The van der Waals surface area contributed by atoms with Crippen LogP contribution >= 0.6 is 11.6 Å². The van der Waals surface area contributed by atoms with E-state index in [0.29, 0.717) is 6.42 Å². The van der Waals surface area contributed by atoms with Crippen molar-refractivity contribution in [1.29, 1.82) is 0 Å². The third kappa shape index (κ3) is 6.98. The van der Waals surface area contributed by atoms with Crippen molar-refractivity contribution >= 4 is 17.5 Å². The van der Waals surface area contributed by atoms with Crippen LogP contribution in [-0.4, -0.2) is 55.0 Å². The maximum Gasteiger partial charge on any atom is 0.220 e. The van der Waals surface area contributed by atoms with E-state index >= 15 is 0 Å². The highest BCUT2D eigenvalue weighted by Gasteiger charge is 2.16. The van der Waals surface area contributed by atoms with Crippen LogP contribution in [0.2, 0.25) is 5.02 Å². The van der Waals surface area contributed by atoms with Gasteiger partial charge >= 0.3 is 0 Å². The zero-order chi connectivity index (χ0) is 18.9. The van der Waals surface area contributed by atoms with E-state index in [2.05, 4.69) is 45.4 Å². The minimum atomic E-state index is 0.118. The van der Waals surface area contributed by atoms with Crippen LogP contribution in [0.15, 0.2) is 54.6 Å². The van der Waals surface area contributed by atoms with Crippen LogP contribution in [0.4, 0.5) is 0 Å². The molecule has 0 bridgehead atoms. The Morgan fingerprint density at radius 2 is 1.56 bits per heavy atom. The highest BCUT2D eigenvalue weighted by Crippen LogP contribution is 2.11. The molecule has 0 radical (unpaired) electrons. The fourth-order valence-corrected chi connectivity index (χ4v) is 3.49. The number of aryl methyl sites for hydroxylation is 1. The van der Waals surface area contributed by atoms with Crippen LogP contribution < -0.4 is 5.32 Å².